The van der Waals surface area contributed by atoms with Crippen LogP contribution in [0, 0.1) is 17.8 Å². The van der Waals surface area contributed by atoms with Crippen molar-refractivity contribution in [1.82, 2.24) is 14.1 Å². The van der Waals surface area contributed by atoms with Crippen molar-refractivity contribution >= 4 is 27.7 Å². The summed E-state index contributed by atoms with van der Waals surface area (Å²) in [5.41, 5.74) is 6.96. The number of primary amides is 1. The third-order valence-electron chi connectivity index (χ3n) is 7.21. The predicted octanol–water partition coefficient (Wildman–Crippen LogP) is 0.651. The number of nitrogens with two attached hydrogens (primary N) is 1. The van der Waals surface area contributed by atoms with Gasteiger partial charge in [-0.25, -0.2) is 12.7 Å². The Bertz CT molecular complexity index is 1060. The lowest BCUT2D eigenvalue weighted by Crippen LogP contribution is -2.44. The van der Waals surface area contributed by atoms with Gasteiger partial charge in [-0.05, 0) is 43.0 Å². The molecule has 1 aromatic rings. The van der Waals surface area contributed by atoms with Crippen LogP contribution in [0.1, 0.15) is 42.6 Å². The van der Waals surface area contributed by atoms with Crippen molar-refractivity contribution in [3.05, 3.63) is 35.4 Å². The second-order valence-electron chi connectivity index (χ2n) is 9.83. The first-order valence-corrected chi connectivity index (χ1v) is 13.3. The second-order valence-corrected chi connectivity index (χ2v) is 11.7. The number of carbonyl (C=O) groups is 3. The van der Waals surface area contributed by atoms with Crippen LogP contribution >= 0.6 is 0 Å². The monoisotopic (exact) mass is 476 g/mol. The minimum atomic E-state index is -3.70. The molecule has 0 aliphatic carbocycles. The number of hydrogen-bond donors (Lipinski definition) is 1. The predicted molar refractivity (Wildman–Crippen MR) is 122 cm³/mol. The fraction of sp³-hybridized carbons (Fsp3) is 0.609. The van der Waals surface area contributed by atoms with Crippen molar-refractivity contribution < 1.29 is 22.8 Å². The first-order valence-electron chi connectivity index (χ1n) is 11.4. The van der Waals surface area contributed by atoms with Gasteiger partial charge in [0.2, 0.25) is 21.8 Å². The fourth-order valence-electron chi connectivity index (χ4n) is 5.66. The van der Waals surface area contributed by atoms with E-state index >= 15 is 0 Å². The molecule has 3 saturated heterocycles. The molecular formula is C23H32N4O5S. The summed E-state index contributed by atoms with van der Waals surface area (Å²) in [6.07, 6.45) is 2.27. The lowest BCUT2D eigenvalue weighted by Gasteiger charge is -2.29. The van der Waals surface area contributed by atoms with Crippen molar-refractivity contribution in [2.24, 2.45) is 23.5 Å². The maximum Gasteiger partial charge on any atom is 0.254 e. The quantitative estimate of drug-likeness (QED) is 0.644. The highest BCUT2D eigenvalue weighted by molar-refractivity contribution is 7.88. The number of likely N-dealkylation sites (tertiary alicyclic amines) is 2. The Morgan fingerprint density at radius 1 is 1.12 bits per heavy atom. The van der Waals surface area contributed by atoms with Crippen molar-refractivity contribution in [2.75, 3.05) is 25.9 Å². The summed E-state index contributed by atoms with van der Waals surface area (Å²) >= 11 is 0. The van der Waals surface area contributed by atoms with E-state index < -0.39 is 33.9 Å². The number of amides is 3. The molecule has 1 unspecified atom stereocenters. The Kier molecular flexibility index (Phi) is 6.26. The molecule has 1 aromatic carbocycles. The van der Waals surface area contributed by atoms with Crippen molar-refractivity contribution in [3.63, 3.8) is 0 Å². The molecule has 3 aliphatic rings. The van der Waals surface area contributed by atoms with E-state index in [4.69, 9.17) is 5.73 Å². The van der Waals surface area contributed by atoms with Crippen LogP contribution in [0.2, 0.25) is 0 Å². The van der Waals surface area contributed by atoms with Crippen LogP contribution in [0.3, 0.4) is 0 Å². The standard InChI is InChI=1S/C23H32N4O5S/c1-14(2)19-20-18(27(23(19)30)33(3,31)32)9-11-26(20)22(29)16-6-4-15(5-7-16)12-25-10-8-17(13-25)21(24)28/h4-7,14,17-20H,8-13H2,1-3H3,(H2,24,28)/t17?,18-,19+,20-/m0/s1. The Hall–Kier alpha value is -2.46. The molecular weight excluding hydrogens is 444 g/mol. The van der Waals surface area contributed by atoms with Crippen molar-refractivity contribution in [3.8, 4) is 0 Å². The van der Waals surface area contributed by atoms with Crippen LogP contribution < -0.4 is 5.73 Å². The van der Waals surface area contributed by atoms with E-state index in [-0.39, 0.29) is 23.7 Å². The summed E-state index contributed by atoms with van der Waals surface area (Å²) < 4.78 is 25.6. The summed E-state index contributed by atoms with van der Waals surface area (Å²) in [4.78, 5) is 41.6. The van der Waals surface area contributed by atoms with Gasteiger partial charge in [0.15, 0.2) is 0 Å². The minimum Gasteiger partial charge on any atom is -0.369 e. The molecule has 0 radical (unpaired) electrons. The SMILES string of the molecule is CC(C)[C@H]1C(=O)N(S(C)(=O)=O)[C@H]2CCN(C(=O)c3ccc(CN4CCC(C(N)=O)C4)cc3)[C@H]12. The van der Waals surface area contributed by atoms with Gasteiger partial charge in [0.25, 0.3) is 5.91 Å². The number of benzene rings is 1. The van der Waals surface area contributed by atoms with E-state index in [2.05, 4.69) is 4.90 Å². The minimum absolute atomic E-state index is 0.0859. The Morgan fingerprint density at radius 2 is 1.79 bits per heavy atom. The summed E-state index contributed by atoms with van der Waals surface area (Å²) in [5, 5.41) is 0. The Morgan fingerprint density at radius 3 is 2.33 bits per heavy atom. The third kappa shape index (κ3) is 4.38. The number of rotatable bonds is 6. The molecule has 3 heterocycles. The van der Waals surface area contributed by atoms with Gasteiger partial charge >= 0.3 is 0 Å². The highest BCUT2D eigenvalue weighted by atomic mass is 32.2. The van der Waals surface area contributed by atoms with Gasteiger partial charge in [0.1, 0.15) is 0 Å². The molecule has 3 aliphatic heterocycles. The number of hydrogen-bond acceptors (Lipinski definition) is 6. The van der Waals surface area contributed by atoms with Crippen molar-refractivity contribution in [1.29, 1.82) is 0 Å². The molecule has 9 nitrogen and oxygen atoms in total. The Labute approximate surface area is 194 Å². The van der Waals surface area contributed by atoms with Gasteiger partial charge in [-0.15, -0.1) is 0 Å². The molecule has 0 aromatic heterocycles. The molecule has 3 fully saturated rings. The average molecular weight is 477 g/mol. The number of sulfonamides is 1. The van der Waals surface area contributed by atoms with E-state index in [1.807, 2.05) is 26.0 Å². The smallest absolute Gasteiger partial charge is 0.254 e. The van der Waals surface area contributed by atoms with E-state index in [0.717, 1.165) is 29.1 Å². The summed E-state index contributed by atoms with van der Waals surface area (Å²) in [6, 6.07) is 6.41. The van der Waals surface area contributed by atoms with Gasteiger partial charge < -0.3 is 10.6 Å². The molecule has 0 bridgehead atoms. The summed E-state index contributed by atoms with van der Waals surface area (Å²) in [7, 11) is -3.70. The van der Waals surface area contributed by atoms with Crippen LogP contribution in [0.4, 0.5) is 0 Å². The van der Waals surface area contributed by atoms with E-state index in [9.17, 15) is 22.8 Å². The first-order chi connectivity index (χ1) is 15.5. The average Bonchev–Trinajstić information content (AvgIpc) is 3.41. The molecule has 0 saturated carbocycles. The van der Waals surface area contributed by atoms with E-state index in [0.29, 0.717) is 31.6 Å². The largest absolute Gasteiger partial charge is 0.369 e. The maximum atomic E-state index is 13.4. The Balaban J connectivity index is 1.49. The molecule has 33 heavy (non-hydrogen) atoms. The zero-order chi connectivity index (χ0) is 24.1. The molecule has 3 amide bonds. The van der Waals surface area contributed by atoms with Gasteiger partial charge in [0, 0.05) is 25.2 Å². The molecule has 180 valence electrons. The fourth-order valence-corrected chi connectivity index (χ4v) is 6.83. The van der Waals surface area contributed by atoms with E-state index in [1.54, 1.807) is 17.0 Å². The highest BCUT2D eigenvalue weighted by Gasteiger charge is 2.58. The van der Waals surface area contributed by atoms with Crippen LogP contribution in [0.25, 0.3) is 0 Å². The molecule has 0 spiro atoms. The normalized spacial score (nSPS) is 28.1. The first kappa shape index (κ1) is 23.7. The van der Waals surface area contributed by atoms with Gasteiger partial charge in [-0.1, -0.05) is 26.0 Å². The summed E-state index contributed by atoms with van der Waals surface area (Å²) in [5.74, 6) is -1.58. The molecule has 10 heteroatoms. The summed E-state index contributed by atoms with van der Waals surface area (Å²) in [6.45, 7) is 6.34. The topological polar surface area (TPSA) is 121 Å². The van der Waals surface area contributed by atoms with Gasteiger partial charge in [0.05, 0.1) is 30.2 Å². The maximum absolute atomic E-state index is 13.4. The highest BCUT2D eigenvalue weighted by Crippen LogP contribution is 2.41. The zero-order valence-electron chi connectivity index (χ0n) is 19.3. The number of carbonyl (C=O) groups excluding carboxylic acids is 3. The second kappa shape index (κ2) is 8.72. The van der Waals surface area contributed by atoms with Crippen LogP contribution in [-0.4, -0.2) is 78.2 Å². The lowest BCUT2D eigenvalue weighted by atomic mass is 9.88. The van der Waals surface area contributed by atoms with Crippen LogP contribution in [0.15, 0.2) is 24.3 Å². The molecule has 2 N–H and O–H groups in total. The molecule has 4 rings (SSSR count). The van der Waals surface area contributed by atoms with Crippen LogP contribution in [-0.2, 0) is 26.2 Å². The van der Waals surface area contributed by atoms with E-state index in [1.165, 1.54) is 0 Å². The van der Waals surface area contributed by atoms with Gasteiger partial charge in [-0.2, -0.15) is 0 Å². The zero-order valence-corrected chi connectivity index (χ0v) is 20.1. The lowest BCUT2D eigenvalue weighted by molar-refractivity contribution is -0.129. The van der Waals surface area contributed by atoms with Gasteiger partial charge in [-0.3, -0.25) is 19.3 Å². The number of fused-ring (bicyclic) bond motifs is 1. The number of nitrogens with zero attached hydrogens (tertiary/aromatic N) is 3. The third-order valence-corrected chi connectivity index (χ3v) is 8.37. The van der Waals surface area contributed by atoms with Crippen LogP contribution in [0.5, 0.6) is 0 Å². The van der Waals surface area contributed by atoms with Crippen molar-refractivity contribution in [2.45, 2.75) is 45.3 Å². The molecule has 4 atom stereocenters.